The van der Waals surface area contributed by atoms with E-state index in [0.717, 1.165) is 25.9 Å². The molecule has 1 saturated carbocycles. The van der Waals surface area contributed by atoms with E-state index in [1.165, 1.54) is 32.1 Å². The number of carbonyl (C=O) groups excluding carboxylic acids is 1. The Hall–Kier alpha value is -0.610. The second-order valence-electron chi connectivity index (χ2n) is 6.45. The van der Waals surface area contributed by atoms with Crippen LogP contribution in [0.2, 0.25) is 0 Å². The van der Waals surface area contributed by atoms with E-state index >= 15 is 0 Å². The Kier molecular flexibility index (Phi) is 8.93. The van der Waals surface area contributed by atoms with Crippen molar-refractivity contribution in [2.45, 2.75) is 83.8 Å². The molecule has 0 aliphatic heterocycles. The number of likely N-dealkylation sites (N-methyl/N-ethyl adjacent to an activating group) is 1. The molecule has 1 rings (SSSR count). The SMILES string of the molecule is CCCCNC(=O)C(C)N(C)C1CCC(NCCC)CC1. The summed E-state index contributed by atoms with van der Waals surface area (Å²) in [5.74, 6) is 0.178. The van der Waals surface area contributed by atoms with Gasteiger partial charge < -0.3 is 10.6 Å². The van der Waals surface area contributed by atoms with Crippen molar-refractivity contribution in [2.75, 3.05) is 20.1 Å². The van der Waals surface area contributed by atoms with Crippen LogP contribution in [0.1, 0.15) is 65.7 Å². The summed E-state index contributed by atoms with van der Waals surface area (Å²) in [4.78, 5) is 14.4. The second-order valence-corrected chi connectivity index (χ2v) is 6.45. The lowest BCUT2D eigenvalue weighted by molar-refractivity contribution is -0.126. The van der Waals surface area contributed by atoms with Gasteiger partial charge in [0.1, 0.15) is 0 Å². The molecule has 0 aromatic heterocycles. The van der Waals surface area contributed by atoms with Crippen LogP contribution < -0.4 is 10.6 Å². The summed E-state index contributed by atoms with van der Waals surface area (Å²) in [5, 5.41) is 6.67. The summed E-state index contributed by atoms with van der Waals surface area (Å²) in [7, 11) is 2.11. The lowest BCUT2D eigenvalue weighted by atomic mass is 9.89. The molecule has 124 valence electrons. The minimum atomic E-state index is -0.0213. The number of rotatable bonds is 9. The number of amides is 1. The van der Waals surface area contributed by atoms with E-state index in [-0.39, 0.29) is 11.9 Å². The summed E-state index contributed by atoms with van der Waals surface area (Å²) in [5.41, 5.74) is 0. The summed E-state index contributed by atoms with van der Waals surface area (Å²) < 4.78 is 0. The largest absolute Gasteiger partial charge is 0.355 e. The van der Waals surface area contributed by atoms with Gasteiger partial charge in [-0.25, -0.2) is 0 Å². The van der Waals surface area contributed by atoms with E-state index in [4.69, 9.17) is 0 Å². The van der Waals surface area contributed by atoms with E-state index in [9.17, 15) is 4.79 Å². The van der Waals surface area contributed by atoms with Gasteiger partial charge in [-0.1, -0.05) is 20.3 Å². The molecule has 1 fully saturated rings. The van der Waals surface area contributed by atoms with Crippen LogP contribution in [-0.2, 0) is 4.79 Å². The molecule has 4 heteroatoms. The zero-order valence-corrected chi connectivity index (χ0v) is 14.5. The standard InChI is InChI=1S/C17H35N3O/c1-5-7-13-19-17(21)14(3)20(4)16-10-8-15(9-11-16)18-12-6-2/h14-16,18H,5-13H2,1-4H3,(H,19,21). The Labute approximate surface area is 131 Å². The van der Waals surface area contributed by atoms with Crippen molar-refractivity contribution in [1.29, 1.82) is 0 Å². The highest BCUT2D eigenvalue weighted by Gasteiger charge is 2.28. The zero-order chi connectivity index (χ0) is 15.7. The van der Waals surface area contributed by atoms with Crippen LogP contribution in [0.15, 0.2) is 0 Å². The van der Waals surface area contributed by atoms with Crippen LogP contribution in [0.4, 0.5) is 0 Å². The molecule has 0 spiro atoms. The smallest absolute Gasteiger partial charge is 0.237 e. The maximum Gasteiger partial charge on any atom is 0.237 e. The first-order valence-electron chi connectivity index (χ1n) is 8.83. The predicted octanol–water partition coefficient (Wildman–Crippen LogP) is 2.53. The molecule has 0 aromatic rings. The molecule has 0 radical (unpaired) electrons. The van der Waals surface area contributed by atoms with E-state index in [1.54, 1.807) is 0 Å². The molecule has 0 saturated heterocycles. The topological polar surface area (TPSA) is 44.4 Å². The highest BCUT2D eigenvalue weighted by Crippen LogP contribution is 2.23. The minimum Gasteiger partial charge on any atom is -0.355 e. The monoisotopic (exact) mass is 297 g/mol. The Morgan fingerprint density at radius 2 is 1.81 bits per heavy atom. The van der Waals surface area contributed by atoms with Crippen LogP contribution in [0.5, 0.6) is 0 Å². The third-order valence-electron chi connectivity index (χ3n) is 4.78. The van der Waals surface area contributed by atoms with Gasteiger partial charge in [0.15, 0.2) is 0 Å². The third kappa shape index (κ3) is 6.35. The van der Waals surface area contributed by atoms with E-state index < -0.39 is 0 Å². The van der Waals surface area contributed by atoms with Crippen molar-refractivity contribution in [1.82, 2.24) is 15.5 Å². The summed E-state index contributed by atoms with van der Waals surface area (Å²) in [6.07, 6.45) is 8.26. The number of nitrogens with one attached hydrogen (secondary N) is 2. The van der Waals surface area contributed by atoms with Gasteiger partial charge in [-0.2, -0.15) is 0 Å². The van der Waals surface area contributed by atoms with Crippen molar-refractivity contribution < 1.29 is 4.79 Å². The first kappa shape index (κ1) is 18.4. The molecule has 1 aliphatic carbocycles. The Morgan fingerprint density at radius 1 is 1.14 bits per heavy atom. The van der Waals surface area contributed by atoms with Gasteiger partial charge in [-0.15, -0.1) is 0 Å². The van der Waals surface area contributed by atoms with Crippen molar-refractivity contribution in [3.63, 3.8) is 0 Å². The zero-order valence-electron chi connectivity index (χ0n) is 14.5. The van der Waals surface area contributed by atoms with Crippen molar-refractivity contribution in [2.24, 2.45) is 0 Å². The second kappa shape index (κ2) is 10.2. The summed E-state index contributed by atoms with van der Waals surface area (Å²) in [6, 6.07) is 1.21. The molecular formula is C17H35N3O. The van der Waals surface area contributed by atoms with Gasteiger partial charge in [0, 0.05) is 18.6 Å². The maximum atomic E-state index is 12.1. The first-order chi connectivity index (χ1) is 10.1. The van der Waals surface area contributed by atoms with Crippen LogP contribution in [0.3, 0.4) is 0 Å². The number of unbranched alkanes of at least 4 members (excludes halogenated alkanes) is 1. The molecule has 4 nitrogen and oxygen atoms in total. The van der Waals surface area contributed by atoms with E-state index in [0.29, 0.717) is 12.1 Å². The fraction of sp³-hybridized carbons (Fsp3) is 0.941. The minimum absolute atomic E-state index is 0.0213. The lowest BCUT2D eigenvalue weighted by Gasteiger charge is -2.37. The van der Waals surface area contributed by atoms with Crippen LogP contribution in [0, 0.1) is 0 Å². The molecule has 1 aliphatic rings. The number of carbonyl (C=O) groups is 1. The molecule has 1 atom stereocenters. The van der Waals surface area contributed by atoms with E-state index in [1.807, 2.05) is 6.92 Å². The molecule has 2 N–H and O–H groups in total. The van der Waals surface area contributed by atoms with Gasteiger partial charge in [-0.05, 0) is 59.0 Å². The van der Waals surface area contributed by atoms with Crippen molar-refractivity contribution in [3.8, 4) is 0 Å². The molecule has 21 heavy (non-hydrogen) atoms. The van der Waals surface area contributed by atoms with E-state index in [2.05, 4.69) is 36.4 Å². The fourth-order valence-corrected chi connectivity index (χ4v) is 3.07. The Balaban J connectivity index is 2.31. The first-order valence-corrected chi connectivity index (χ1v) is 8.83. The summed E-state index contributed by atoms with van der Waals surface area (Å²) >= 11 is 0. The normalized spacial score (nSPS) is 24.0. The quantitative estimate of drug-likeness (QED) is 0.643. The van der Waals surface area contributed by atoms with Crippen LogP contribution >= 0.6 is 0 Å². The molecule has 1 unspecified atom stereocenters. The molecular weight excluding hydrogens is 262 g/mol. The third-order valence-corrected chi connectivity index (χ3v) is 4.78. The van der Waals surface area contributed by atoms with Gasteiger partial charge in [0.25, 0.3) is 0 Å². The van der Waals surface area contributed by atoms with Crippen molar-refractivity contribution in [3.05, 3.63) is 0 Å². The Bertz CT molecular complexity index is 288. The molecule has 0 heterocycles. The van der Waals surface area contributed by atoms with Crippen molar-refractivity contribution >= 4 is 5.91 Å². The average Bonchev–Trinajstić information content (AvgIpc) is 2.52. The fourth-order valence-electron chi connectivity index (χ4n) is 3.07. The number of hydrogen-bond acceptors (Lipinski definition) is 3. The number of hydrogen-bond donors (Lipinski definition) is 2. The predicted molar refractivity (Wildman–Crippen MR) is 89.5 cm³/mol. The van der Waals surface area contributed by atoms with Gasteiger partial charge in [0.2, 0.25) is 5.91 Å². The highest BCUT2D eigenvalue weighted by atomic mass is 16.2. The Morgan fingerprint density at radius 3 is 2.38 bits per heavy atom. The maximum absolute atomic E-state index is 12.1. The summed E-state index contributed by atoms with van der Waals surface area (Å²) in [6.45, 7) is 8.32. The van der Waals surface area contributed by atoms with Gasteiger partial charge >= 0.3 is 0 Å². The highest BCUT2D eigenvalue weighted by molar-refractivity contribution is 5.81. The molecule has 1 amide bonds. The number of nitrogens with zero attached hydrogens (tertiary/aromatic N) is 1. The molecule has 0 bridgehead atoms. The lowest BCUT2D eigenvalue weighted by Crippen LogP contribution is -2.50. The van der Waals surface area contributed by atoms with Crippen LogP contribution in [-0.4, -0.2) is 49.1 Å². The van der Waals surface area contributed by atoms with Gasteiger partial charge in [-0.3, -0.25) is 9.69 Å². The average molecular weight is 297 g/mol. The van der Waals surface area contributed by atoms with Gasteiger partial charge in [0.05, 0.1) is 6.04 Å². The van der Waals surface area contributed by atoms with Crippen LogP contribution in [0.25, 0.3) is 0 Å². The molecule has 0 aromatic carbocycles.